The van der Waals surface area contributed by atoms with Crippen molar-refractivity contribution in [3.05, 3.63) is 83.9 Å². The molecule has 0 saturated carbocycles. The van der Waals surface area contributed by atoms with Gasteiger partial charge >= 0.3 is 11.9 Å². The summed E-state index contributed by atoms with van der Waals surface area (Å²) in [6.07, 6.45) is 0. The number of hydrogen-bond donors (Lipinski definition) is 2. The zero-order valence-corrected chi connectivity index (χ0v) is 13.6. The van der Waals surface area contributed by atoms with Crippen molar-refractivity contribution in [3.8, 4) is 11.1 Å². The molecule has 0 amide bonds. The van der Waals surface area contributed by atoms with E-state index in [2.05, 4.69) is 0 Å². The molecule has 0 unspecified atom stereocenters. The molecule has 26 heavy (non-hydrogen) atoms. The topological polar surface area (TPSA) is 74.6 Å². The number of benzene rings is 4. The largest absolute Gasteiger partial charge is 0.478 e. The number of carbonyl (C=O) groups is 2. The van der Waals surface area contributed by atoms with E-state index in [1.165, 1.54) is 0 Å². The molecule has 0 atom stereocenters. The van der Waals surface area contributed by atoms with Gasteiger partial charge in [0.05, 0.1) is 11.1 Å². The molecule has 0 bridgehead atoms. The van der Waals surface area contributed by atoms with E-state index in [1.54, 1.807) is 24.3 Å². The maximum atomic E-state index is 11.2. The molecule has 0 aliphatic carbocycles. The Hall–Kier alpha value is -3.66. The smallest absolute Gasteiger partial charge is 0.335 e. The molecular weight excluding hydrogens is 328 g/mol. The molecular formula is C22H14O4. The second-order valence-electron chi connectivity index (χ2n) is 6.09. The lowest BCUT2D eigenvalue weighted by Crippen LogP contribution is -1.96. The molecule has 0 heterocycles. The van der Waals surface area contributed by atoms with Crippen LogP contribution in [-0.2, 0) is 0 Å². The van der Waals surface area contributed by atoms with Gasteiger partial charge in [-0.05, 0) is 56.9 Å². The van der Waals surface area contributed by atoms with E-state index < -0.39 is 11.9 Å². The third-order valence-electron chi connectivity index (χ3n) is 4.54. The summed E-state index contributed by atoms with van der Waals surface area (Å²) in [6.45, 7) is 0. The first kappa shape index (κ1) is 15.8. The fraction of sp³-hybridized carbons (Fsp3) is 0. The van der Waals surface area contributed by atoms with E-state index in [4.69, 9.17) is 0 Å². The third-order valence-corrected chi connectivity index (χ3v) is 4.54. The molecule has 0 aliphatic rings. The minimum Gasteiger partial charge on any atom is -0.478 e. The van der Waals surface area contributed by atoms with Crippen molar-refractivity contribution in [2.75, 3.05) is 0 Å². The van der Waals surface area contributed by atoms with Crippen LogP contribution >= 0.6 is 0 Å². The van der Waals surface area contributed by atoms with Crippen molar-refractivity contribution in [3.63, 3.8) is 0 Å². The molecule has 126 valence electrons. The second kappa shape index (κ2) is 6.01. The molecule has 0 aliphatic heterocycles. The summed E-state index contributed by atoms with van der Waals surface area (Å²) in [5, 5.41) is 22.0. The maximum absolute atomic E-state index is 11.2. The Morgan fingerprint density at radius 3 is 1.38 bits per heavy atom. The standard InChI is InChI=1S/C22H14O4/c23-21(24)15-7-9-17-13(11-15)3-1-5-19(17)20-6-2-4-14-12-16(22(25)26)8-10-18(14)20/h1-12H,(H,23,24)(H,25,26). The first-order valence-corrected chi connectivity index (χ1v) is 8.07. The summed E-state index contributed by atoms with van der Waals surface area (Å²) in [5.41, 5.74) is 2.46. The van der Waals surface area contributed by atoms with Gasteiger partial charge in [0.25, 0.3) is 0 Å². The van der Waals surface area contributed by atoms with Crippen LogP contribution in [0.1, 0.15) is 20.7 Å². The minimum atomic E-state index is -0.955. The first-order chi connectivity index (χ1) is 12.5. The minimum absolute atomic E-state index is 0.249. The second-order valence-corrected chi connectivity index (χ2v) is 6.09. The lowest BCUT2D eigenvalue weighted by Gasteiger charge is -2.11. The summed E-state index contributed by atoms with van der Waals surface area (Å²) >= 11 is 0. The van der Waals surface area contributed by atoms with Gasteiger partial charge in [-0.3, -0.25) is 0 Å². The summed E-state index contributed by atoms with van der Waals surface area (Å²) in [4.78, 5) is 22.4. The number of fused-ring (bicyclic) bond motifs is 2. The molecule has 0 spiro atoms. The highest BCUT2D eigenvalue weighted by Gasteiger charge is 2.11. The number of carboxylic acids is 2. The lowest BCUT2D eigenvalue weighted by molar-refractivity contribution is 0.0686. The fourth-order valence-electron chi connectivity index (χ4n) is 3.30. The Morgan fingerprint density at radius 1 is 0.577 bits per heavy atom. The quantitative estimate of drug-likeness (QED) is 0.546. The number of rotatable bonds is 3. The fourth-order valence-corrected chi connectivity index (χ4v) is 3.30. The molecule has 4 aromatic carbocycles. The molecule has 4 aromatic rings. The Kier molecular flexibility index (Phi) is 3.66. The van der Waals surface area contributed by atoms with Gasteiger partial charge in [0.1, 0.15) is 0 Å². The molecule has 0 saturated heterocycles. The van der Waals surface area contributed by atoms with Gasteiger partial charge in [-0.1, -0.05) is 48.5 Å². The van der Waals surface area contributed by atoms with Crippen molar-refractivity contribution in [2.24, 2.45) is 0 Å². The van der Waals surface area contributed by atoms with Crippen LogP contribution in [0.2, 0.25) is 0 Å². The monoisotopic (exact) mass is 342 g/mol. The van der Waals surface area contributed by atoms with Crippen LogP contribution in [0.4, 0.5) is 0 Å². The van der Waals surface area contributed by atoms with Gasteiger partial charge in [-0.25, -0.2) is 9.59 Å². The Labute approximate surface area is 148 Å². The van der Waals surface area contributed by atoms with Crippen LogP contribution in [0, 0.1) is 0 Å². The predicted molar refractivity (Wildman–Crippen MR) is 101 cm³/mol. The van der Waals surface area contributed by atoms with Crippen molar-refractivity contribution in [2.45, 2.75) is 0 Å². The van der Waals surface area contributed by atoms with E-state index in [1.807, 2.05) is 48.5 Å². The van der Waals surface area contributed by atoms with Gasteiger partial charge in [0, 0.05) is 0 Å². The normalized spacial score (nSPS) is 10.9. The number of aromatic carboxylic acids is 2. The van der Waals surface area contributed by atoms with Crippen molar-refractivity contribution in [1.82, 2.24) is 0 Å². The summed E-state index contributed by atoms with van der Waals surface area (Å²) < 4.78 is 0. The van der Waals surface area contributed by atoms with Gasteiger partial charge in [-0.2, -0.15) is 0 Å². The van der Waals surface area contributed by atoms with E-state index in [0.29, 0.717) is 0 Å². The van der Waals surface area contributed by atoms with Gasteiger partial charge in [0.2, 0.25) is 0 Å². The van der Waals surface area contributed by atoms with Gasteiger partial charge in [-0.15, -0.1) is 0 Å². The van der Waals surface area contributed by atoms with E-state index in [9.17, 15) is 19.8 Å². The van der Waals surface area contributed by atoms with Crippen molar-refractivity contribution in [1.29, 1.82) is 0 Å². The van der Waals surface area contributed by atoms with Crippen LogP contribution in [0.5, 0.6) is 0 Å². The van der Waals surface area contributed by atoms with Gasteiger partial charge in [0.15, 0.2) is 0 Å². The highest BCUT2D eigenvalue weighted by Crippen LogP contribution is 2.34. The highest BCUT2D eigenvalue weighted by atomic mass is 16.4. The average molecular weight is 342 g/mol. The first-order valence-electron chi connectivity index (χ1n) is 8.07. The maximum Gasteiger partial charge on any atom is 0.335 e. The Balaban J connectivity index is 1.98. The molecule has 4 heteroatoms. The highest BCUT2D eigenvalue weighted by molar-refractivity contribution is 6.07. The SMILES string of the molecule is O=C(O)c1ccc2c(-c3cccc4cc(C(=O)O)ccc34)cccc2c1. The summed E-state index contributed by atoms with van der Waals surface area (Å²) in [6, 6.07) is 21.7. The molecule has 0 aromatic heterocycles. The Morgan fingerprint density at radius 2 is 1.00 bits per heavy atom. The zero-order valence-electron chi connectivity index (χ0n) is 13.6. The van der Waals surface area contributed by atoms with E-state index >= 15 is 0 Å². The summed E-state index contributed by atoms with van der Waals surface area (Å²) in [7, 11) is 0. The molecule has 2 N–H and O–H groups in total. The van der Waals surface area contributed by atoms with Crippen molar-refractivity contribution < 1.29 is 19.8 Å². The number of hydrogen-bond acceptors (Lipinski definition) is 2. The zero-order chi connectivity index (χ0) is 18.3. The molecule has 0 fully saturated rings. The third kappa shape index (κ3) is 2.58. The average Bonchev–Trinajstić information content (AvgIpc) is 2.66. The van der Waals surface area contributed by atoms with Gasteiger partial charge < -0.3 is 10.2 Å². The molecule has 4 rings (SSSR count). The molecule has 4 nitrogen and oxygen atoms in total. The summed E-state index contributed by atoms with van der Waals surface area (Å²) in [5.74, 6) is -1.91. The lowest BCUT2D eigenvalue weighted by atomic mass is 9.93. The van der Waals surface area contributed by atoms with Crippen LogP contribution in [0.25, 0.3) is 32.7 Å². The van der Waals surface area contributed by atoms with E-state index in [0.717, 1.165) is 32.7 Å². The number of carboxylic acid groups (broad SMARTS) is 2. The predicted octanol–water partition coefficient (Wildman–Crippen LogP) is 5.06. The Bertz CT molecular complexity index is 1100. The van der Waals surface area contributed by atoms with Crippen LogP contribution < -0.4 is 0 Å². The van der Waals surface area contributed by atoms with E-state index in [-0.39, 0.29) is 11.1 Å². The molecule has 0 radical (unpaired) electrons. The van der Waals surface area contributed by atoms with Crippen LogP contribution in [-0.4, -0.2) is 22.2 Å². The van der Waals surface area contributed by atoms with Crippen molar-refractivity contribution >= 4 is 33.5 Å². The van der Waals surface area contributed by atoms with Crippen LogP contribution in [0.15, 0.2) is 72.8 Å². The van der Waals surface area contributed by atoms with Crippen LogP contribution in [0.3, 0.4) is 0 Å².